The van der Waals surface area contributed by atoms with Gasteiger partial charge in [0.05, 0.1) is 25.2 Å². The number of sulfonamides is 1. The van der Waals surface area contributed by atoms with Crippen LogP contribution in [-0.2, 0) is 14.8 Å². The van der Waals surface area contributed by atoms with Crippen LogP contribution in [0.5, 0.6) is 5.75 Å². The minimum absolute atomic E-state index is 0.0325. The topological polar surface area (TPSA) is 134 Å². The van der Waals surface area contributed by atoms with E-state index in [9.17, 15) is 8.42 Å². The van der Waals surface area contributed by atoms with Crippen molar-refractivity contribution in [3.63, 3.8) is 0 Å². The molecule has 4 rings (SSSR count). The molecule has 0 saturated carbocycles. The zero-order chi connectivity index (χ0) is 25.0. The zero-order valence-corrected chi connectivity index (χ0v) is 20.5. The van der Waals surface area contributed by atoms with Crippen LogP contribution in [0.3, 0.4) is 0 Å². The number of hydrogen-bond acceptors (Lipinski definition) is 9. The van der Waals surface area contributed by atoms with Crippen molar-refractivity contribution in [1.29, 1.82) is 0 Å². The van der Waals surface area contributed by atoms with Gasteiger partial charge in [-0.1, -0.05) is 18.2 Å². The van der Waals surface area contributed by atoms with Crippen LogP contribution in [0, 0.1) is 6.92 Å². The summed E-state index contributed by atoms with van der Waals surface area (Å²) in [6.45, 7) is 3.43. The lowest BCUT2D eigenvalue weighted by atomic mass is 10.2. The molecule has 182 valence electrons. The second-order valence-electron chi connectivity index (χ2n) is 7.76. The molecule has 2 atom stereocenters. The van der Waals surface area contributed by atoms with E-state index in [1.54, 1.807) is 17.0 Å². The number of hydrogen-bond donors (Lipinski definition) is 1. The first kappa shape index (κ1) is 24.2. The Morgan fingerprint density at radius 3 is 2.34 bits per heavy atom. The predicted octanol–water partition coefficient (Wildman–Crippen LogP) is 2.95. The Labute approximate surface area is 203 Å². The summed E-state index contributed by atoms with van der Waals surface area (Å²) in [4.78, 5) is 12.6. The van der Waals surface area contributed by atoms with Crippen LogP contribution in [-0.4, -0.2) is 57.6 Å². The summed E-state index contributed by atoms with van der Waals surface area (Å²) in [5, 5.41) is 7.35. The van der Waals surface area contributed by atoms with Gasteiger partial charge in [-0.15, -0.1) is 10.2 Å². The number of ether oxygens (including phenoxy) is 2. The Morgan fingerprint density at radius 2 is 1.71 bits per heavy atom. The molecule has 1 N–H and O–H groups in total. The van der Waals surface area contributed by atoms with E-state index in [2.05, 4.69) is 29.9 Å². The van der Waals surface area contributed by atoms with E-state index in [-0.39, 0.29) is 11.8 Å². The molecule has 35 heavy (non-hydrogen) atoms. The predicted molar refractivity (Wildman–Crippen MR) is 130 cm³/mol. The van der Waals surface area contributed by atoms with Crippen LogP contribution >= 0.6 is 0 Å². The fourth-order valence-corrected chi connectivity index (χ4v) is 4.64. The van der Waals surface area contributed by atoms with Gasteiger partial charge in [0.1, 0.15) is 11.4 Å². The first-order valence-corrected chi connectivity index (χ1v) is 12.2. The first-order valence-electron chi connectivity index (χ1n) is 10.7. The SMILES string of the molecule is COc1cnc([C@@H](OC)[C@H](C)S(=O)(=O)Nc2nnc(-c3cncc(C)c3)n2-c2ccccc2)nc1. The molecule has 0 aliphatic carbocycles. The second-order valence-corrected chi connectivity index (χ2v) is 9.80. The summed E-state index contributed by atoms with van der Waals surface area (Å²) in [6.07, 6.45) is 5.35. The lowest BCUT2D eigenvalue weighted by Gasteiger charge is -2.22. The molecule has 0 radical (unpaired) electrons. The number of para-hydroxylation sites is 1. The van der Waals surface area contributed by atoms with Gasteiger partial charge in [-0.3, -0.25) is 14.3 Å². The fourth-order valence-electron chi connectivity index (χ4n) is 3.50. The van der Waals surface area contributed by atoms with Crippen LogP contribution in [0.25, 0.3) is 17.1 Å². The smallest absolute Gasteiger partial charge is 0.243 e. The van der Waals surface area contributed by atoms with Gasteiger partial charge in [0.2, 0.25) is 16.0 Å². The molecule has 4 aromatic rings. The van der Waals surface area contributed by atoms with E-state index < -0.39 is 21.4 Å². The average molecular weight is 496 g/mol. The number of aryl methyl sites for hydroxylation is 1. The van der Waals surface area contributed by atoms with Gasteiger partial charge in [0.25, 0.3) is 0 Å². The monoisotopic (exact) mass is 495 g/mol. The molecule has 0 aliphatic heterocycles. The van der Waals surface area contributed by atoms with Crippen molar-refractivity contribution in [2.45, 2.75) is 25.2 Å². The summed E-state index contributed by atoms with van der Waals surface area (Å²) in [5.41, 5.74) is 2.31. The molecule has 0 fully saturated rings. The lowest BCUT2D eigenvalue weighted by molar-refractivity contribution is 0.0948. The van der Waals surface area contributed by atoms with E-state index in [0.717, 1.165) is 5.56 Å². The van der Waals surface area contributed by atoms with Crippen LogP contribution < -0.4 is 9.46 Å². The van der Waals surface area contributed by atoms with Gasteiger partial charge in [0, 0.05) is 25.1 Å². The summed E-state index contributed by atoms with van der Waals surface area (Å²) < 4.78 is 41.6. The van der Waals surface area contributed by atoms with Gasteiger partial charge in [-0.2, -0.15) is 0 Å². The maximum absolute atomic E-state index is 13.4. The van der Waals surface area contributed by atoms with Crippen LogP contribution in [0.2, 0.25) is 0 Å². The van der Waals surface area contributed by atoms with Crippen molar-refractivity contribution in [1.82, 2.24) is 29.7 Å². The zero-order valence-electron chi connectivity index (χ0n) is 19.7. The van der Waals surface area contributed by atoms with E-state index in [1.807, 2.05) is 43.3 Å². The van der Waals surface area contributed by atoms with Crippen molar-refractivity contribution in [2.75, 3.05) is 18.9 Å². The van der Waals surface area contributed by atoms with Crippen molar-refractivity contribution in [3.05, 3.63) is 72.6 Å². The number of methoxy groups -OCH3 is 2. The number of benzene rings is 1. The lowest BCUT2D eigenvalue weighted by Crippen LogP contribution is -2.33. The van der Waals surface area contributed by atoms with Crippen molar-refractivity contribution in [2.24, 2.45) is 0 Å². The van der Waals surface area contributed by atoms with Crippen LogP contribution in [0.4, 0.5) is 5.95 Å². The minimum atomic E-state index is -4.02. The fraction of sp³-hybridized carbons (Fsp3) is 0.261. The standard InChI is InChI=1S/C23H25N7O4S/c1-15-10-17(12-24-11-15)22-27-28-23(30(22)18-8-6-5-7-9-18)29-35(31,32)16(2)20(34-4)21-25-13-19(33-3)14-26-21/h5-14,16,20H,1-4H3,(H,28,29)/t16-,20-/m0/s1. The van der Waals surface area contributed by atoms with Crippen molar-refractivity contribution >= 4 is 16.0 Å². The summed E-state index contributed by atoms with van der Waals surface area (Å²) in [5.74, 6) is 1.14. The molecule has 0 saturated heterocycles. The highest BCUT2D eigenvalue weighted by atomic mass is 32.2. The molecule has 0 bridgehead atoms. The number of anilines is 1. The van der Waals surface area contributed by atoms with Gasteiger partial charge in [0.15, 0.2) is 17.4 Å². The first-order chi connectivity index (χ1) is 16.8. The quantitative estimate of drug-likeness (QED) is 0.372. The van der Waals surface area contributed by atoms with E-state index >= 15 is 0 Å². The average Bonchev–Trinajstić information content (AvgIpc) is 3.28. The Hall–Kier alpha value is -3.90. The molecule has 0 spiro atoms. The third kappa shape index (κ3) is 5.12. The number of pyridine rings is 1. The number of nitrogens with one attached hydrogen (secondary N) is 1. The molecule has 3 heterocycles. The molecule has 1 aromatic carbocycles. The van der Waals surface area contributed by atoms with Crippen LogP contribution in [0.1, 0.15) is 24.4 Å². The molecular weight excluding hydrogens is 470 g/mol. The summed E-state index contributed by atoms with van der Waals surface area (Å²) in [6, 6.07) is 11.1. The van der Waals surface area contributed by atoms with Crippen molar-refractivity contribution < 1.29 is 17.9 Å². The highest BCUT2D eigenvalue weighted by Crippen LogP contribution is 2.28. The Balaban J connectivity index is 1.71. The van der Waals surface area contributed by atoms with Gasteiger partial charge in [-0.05, 0) is 37.6 Å². The number of rotatable bonds is 9. The highest BCUT2D eigenvalue weighted by molar-refractivity contribution is 7.93. The summed E-state index contributed by atoms with van der Waals surface area (Å²) in [7, 11) is -1.13. The normalized spacial score (nSPS) is 13.3. The summed E-state index contributed by atoms with van der Waals surface area (Å²) >= 11 is 0. The van der Waals surface area contributed by atoms with Gasteiger partial charge >= 0.3 is 0 Å². The second kappa shape index (κ2) is 10.2. The largest absolute Gasteiger partial charge is 0.494 e. The number of nitrogens with zero attached hydrogens (tertiary/aromatic N) is 6. The molecule has 3 aromatic heterocycles. The third-order valence-electron chi connectivity index (χ3n) is 5.35. The highest BCUT2D eigenvalue weighted by Gasteiger charge is 2.34. The molecule has 0 aliphatic rings. The van der Waals surface area contributed by atoms with E-state index in [1.165, 1.54) is 33.5 Å². The van der Waals surface area contributed by atoms with Crippen LogP contribution in [0.15, 0.2) is 61.2 Å². The molecule has 0 unspecified atom stereocenters. The number of aromatic nitrogens is 6. The molecular formula is C23H25N7O4S. The minimum Gasteiger partial charge on any atom is -0.494 e. The third-order valence-corrected chi connectivity index (χ3v) is 7.05. The Bertz CT molecular complexity index is 1390. The molecule has 0 amide bonds. The van der Waals surface area contributed by atoms with Gasteiger partial charge < -0.3 is 9.47 Å². The molecule has 12 heteroatoms. The Morgan fingerprint density at radius 1 is 1.00 bits per heavy atom. The van der Waals surface area contributed by atoms with Gasteiger partial charge in [-0.25, -0.2) is 18.4 Å². The maximum Gasteiger partial charge on any atom is 0.243 e. The van der Waals surface area contributed by atoms with E-state index in [0.29, 0.717) is 22.8 Å². The Kier molecular flexibility index (Phi) is 7.03. The molecule has 11 nitrogen and oxygen atoms in total. The maximum atomic E-state index is 13.4. The van der Waals surface area contributed by atoms with Crippen molar-refractivity contribution in [3.8, 4) is 22.8 Å². The van der Waals surface area contributed by atoms with E-state index in [4.69, 9.17) is 9.47 Å².